The van der Waals surface area contributed by atoms with E-state index in [1.807, 2.05) is 30.8 Å². The van der Waals surface area contributed by atoms with Crippen LogP contribution in [0.3, 0.4) is 0 Å². The summed E-state index contributed by atoms with van der Waals surface area (Å²) in [7, 11) is 2.00. The minimum absolute atomic E-state index is 0.0217. The molecular formula is C21H21ClN4O. The third-order valence-corrected chi connectivity index (χ3v) is 5.77. The van der Waals surface area contributed by atoms with Gasteiger partial charge in [0, 0.05) is 36.4 Å². The van der Waals surface area contributed by atoms with Crippen LogP contribution in [-0.4, -0.2) is 21.7 Å². The van der Waals surface area contributed by atoms with E-state index in [4.69, 9.17) is 16.7 Å². The van der Waals surface area contributed by atoms with E-state index in [2.05, 4.69) is 28.8 Å². The molecule has 2 aliphatic rings. The molecule has 6 heteroatoms. The standard InChI is InChI=1S/C21H21ClN4O/c1-11-9-18(27)24-21-16(22)7-6-14(20(21)23-11)13-5-8-17-15(10-13)19(12-3-4-12)25-26(17)2/h5-8,10-12,23H,3-4,9H2,1-2H3,(H,24,27). The molecule has 2 aromatic carbocycles. The highest BCUT2D eigenvalue weighted by atomic mass is 35.5. The van der Waals surface area contributed by atoms with Gasteiger partial charge >= 0.3 is 0 Å². The highest BCUT2D eigenvalue weighted by Crippen LogP contribution is 2.45. The second-order valence-electron chi connectivity index (χ2n) is 7.66. The normalized spacial score (nSPS) is 19.4. The maximum absolute atomic E-state index is 12.1. The Morgan fingerprint density at radius 3 is 2.78 bits per heavy atom. The van der Waals surface area contributed by atoms with Gasteiger partial charge in [-0.15, -0.1) is 0 Å². The van der Waals surface area contributed by atoms with Crippen LogP contribution in [-0.2, 0) is 11.8 Å². The smallest absolute Gasteiger partial charge is 0.226 e. The van der Waals surface area contributed by atoms with Crippen LogP contribution in [0.5, 0.6) is 0 Å². The molecule has 3 aromatic rings. The van der Waals surface area contributed by atoms with Crippen molar-refractivity contribution in [2.75, 3.05) is 10.6 Å². The zero-order valence-electron chi connectivity index (χ0n) is 15.3. The molecule has 1 aliphatic carbocycles. The Morgan fingerprint density at radius 2 is 2.00 bits per heavy atom. The summed E-state index contributed by atoms with van der Waals surface area (Å²) < 4.78 is 1.97. The molecule has 1 aliphatic heterocycles. The number of carbonyl (C=O) groups is 1. The molecule has 0 spiro atoms. The Hall–Kier alpha value is -2.53. The minimum atomic E-state index is -0.0217. The molecule has 0 radical (unpaired) electrons. The van der Waals surface area contributed by atoms with Crippen molar-refractivity contribution in [3.8, 4) is 11.1 Å². The molecule has 1 atom stereocenters. The van der Waals surface area contributed by atoms with Crippen LogP contribution in [0.4, 0.5) is 11.4 Å². The van der Waals surface area contributed by atoms with Crippen molar-refractivity contribution in [3.63, 3.8) is 0 Å². The number of benzene rings is 2. The van der Waals surface area contributed by atoms with Gasteiger partial charge in [-0.2, -0.15) is 5.10 Å². The number of carbonyl (C=O) groups excluding carboxylic acids is 1. The molecule has 2 heterocycles. The van der Waals surface area contributed by atoms with Crippen LogP contribution in [0.15, 0.2) is 30.3 Å². The quantitative estimate of drug-likeness (QED) is 0.663. The minimum Gasteiger partial charge on any atom is -0.380 e. The lowest BCUT2D eigenvalue weighted by atomic mass is 9.99. The van der Waals surface area contributed by atoms with E-state index in [1.165, 1.54) is 23.9 Å². The van der Waals surface area contributed by atoms with Crippen molar-refractivity contribution < 1.29 is 4.79 Å². The number of nitrogens with one attached hydrogen (secondary N) is 2. The predicted molar refractivity (Wildman–Crippen MR) is 109 cm³/mol. The van der Waals surface area contributed by atoms with Crippen LogP contribution in [0.25, 0.3) is 22.0 Å². The second-order valence-corrected chi connectivity index (χ2v) is 8.06. The summed E-state index contributed by atoms with van der Waals surface area (Å²) in [5.74, 6) is 0.565. The average molecular weight is 381 g/mol. The first-order chi connectivity index (χ1) is 13.0. The molecule has 0 bridgehead atoms. The maximum atomic E-state index is 12.1. The molecule has 1 fully saturated rings. The number of nitrogens with zero attached hydrogens (tertiary/aromatic N) is 2. The lowest BCUT2D eigenvalue weighted by Gasteiger charge is -2.18. The molecule has 1 unspecified atom stereocenters. The fraction of sp³-hybridized carbons (Fsp3) is 0.333. The lowest BCUT2D eigenvalue weighted by molar-refractivity contribution is -0.116. The van der Waals surface area contributed by atoms with Crippen molar-refractivity contribution in [1.82, 2.24) is 9.78 Å². The summed E-state index contributed by atoms with van der Waals surface area (Å²) in [6.45, 7) is 2.01. The van der Waals surface area contributed by atoms with Crippen LogP contribution in [0, 0.1) is 0 Å². The number of halogens is 1. The van der Waals surface area contributed by atoms with Gasteiger partial charge < -0.3 is 10.6 Å². The molecule has 1 aromatic heterocycles. The predicted octanol–water partition coefficient (Wildman–Crippen LogP) is 4.91. The molecule has 138 valence electrons. The summed E-state index contributed by atoms with van der Waals surface area (Å²) in [6, 6.07) is 10.4. The molecule has 2 N–H and O–H groups in total. The number of fused-ring (bicyclic) bond motifs is 2. The van der Waals surface area contributed by atoms with E-state index in [0.717, 1.165) is 22.3 Å². The molecular weight excluding hydrogens is 360 g/mol. The number of hydrogen-bond acceptors (Lipinski definition) is 3. The number of aryl methyl sites for hydroxylation is 1. The third-order valence-electron chi connectivity index (χ3n) is 5.46. The summed E-state index contributed by atoms with van der Waals surface area (Å²) in [6.07, 6.45) is 2.85. The first-order valence-electron chi connectivity index (χ1n) is 9.37. The Kier molecular flexibility index (Phi) is 3.69. The number of aromatic nitrogens is 2. The summed E-state index contributed by atoms with van der Waals surface area (Å²) in [4.78, 5) is 12.1. The van der Waals surface area contributed by atoms with Gasteiger partial charge in [-0.05, 0) is 43.5 Å². The summed E-state index contributed by atoms with van der Waals surface area (Å²) in [5.41, 5.74) is 6.03. The third kappa shape index (κ3) is 2.77. The average Bonchev–Trinajstić information content (AvgIpc) is 3.43. The van der Waals surface area contributed by atoms with Gasteiger partial charge in [0.2, 0.25) is 5.91 Å². The van der Waals surface area contributed by atoms with Gasteiger partial charge in [0.05, 0.1) is 27.6 Å². The van der Waals surface area contributed by atoms with Crippen molar-refractivity contribution in [3.05, 3.63) is 41.0 Å². The Balaban J connectivity index is 1.70. The number of amides is 1. The Labute approximate surface area is 162 Å². The SMILES string of the molecule is CC1CC(=O)Nc2c(Cl)ccc(-c3ccc4c(c3)c(C3CC3)nn4C)c2N1. The van der Waals surface area contributed by atoms with Crippen molar-refractivity contribution in [2.24, 2.45) is 7.05 Å². The molecule has 1 amide bonds. The molecule has 27 heavy (non-hydrogen) atoms. The zero-order chi connectivity index (χ0) is 18.7. The highest BCUT2D eigenvalue weighted by molar-refractivity contribution is 6.35. The maximum Gasteiger partial charge on any atom is 0.226 e. The van der Waals surface area contributed by atoms with E-state index in [-0.39, 0.29) is 11.9 Å². The van der Waals surface area contributed by atoms with Crippen molar-refractivity contribution >= 4 is 39.8 Å². The lowest BCUT2D eigenvalue weighted by Crippen LogP contribution is -2.19. The van der Waals surface area contributed by atoms with E-state index in [9.17, 15) is 4.79 Å². The van der Waals surface area contributed by atoms with Gasteiger partial charge in [-0.1, -0.05) is 23.7 Å². The fourth-order valence-electron chi connectivity index (χ4n) is 3.97. The van der Waals surface area contributed by atoms with Crippen LogP contribution >= 0.6 is 11.6 Å². The molecule has 5 rings (SSSR count). The van der Waals surface area contributed by atoms with Gasteiger partial charge in [0.25, 0.3) is 0 Å². The van der Waals surface area contributed by atoms with Crippen LogP contribution < -0.4 is 10.6 Å². The fourth-order valence-corrected chi connectivity index (χ4v) is 4.18. The number of anilines is 2. The Bertz CT molecular complexity index is 1080. The first-order valence-corrected chi connectivity index (χ1v) is 9.75. The monoisotopic (exact) mass is 380 g/mol. The van der Waals surface area contributed by atoms with Crippen LogP contribution in [0.1, 0.15) is 37.8 Å². The highest BCUT2D eigenvalue weighted by Gasteiger charge is 2.29. The Morgan fingerprint density at radius 1 is 1.19 bits per heavy atom. The molecule has 0 saturated heterocycles. The molecule has 5 nitrogen and oxygen atoms in total. The largest absolute Gasteiger partial charge is 0.380 e. The van der Waals surface area contributed by atoms with Gasteiger partial charge in [-0.25, -0.2) is 0 Å². The van der Waals surface area contributed by atoms with Gasteiger partial charge in [-0.3, -0.25) is 9.48 Å². The summed E-state index contributed by atoms with van der Waals surface area (Å²) >= 11 is 6.39. The van der Waals surface area contributed by atoms with Gasteiger partial charge in [0.1, 0.15) is 0 Å². The second kappa shape index (κ2) is 5.99. The first kappa shape index (κ1) is 16.6. The van der Waals surface area contributed by atoms with E-state index < -0.39 is 0 Å². The number of hydrogen-bond donors (Lipinski definition) is 2. The molecule has 1 saturated carbocycles. The van der Waals surface area contributed by atoms with E-state index in [0.29, 0.717) is 23.0 Å². The van der Waals surface area contributed by atoms with Gasteiger partial charge in [0.15, 0.2) is 0 Å². The zero-order valence-corrected chi connectivity index (χ0v) is 16.1. The van der Waals surface area contributed by atoms with Crippen molar-refractivity contribution in [2.45, 2.75) is 38.1 Å². The topological polar surface area (TPSA) is 59.0 Å². The van der Waals surface area contributed by atoms with Crippen LogP contribution in [0.2, 0.25) is 5.02 Å². The van der Waals surface area contributed by atoms with E-state index >= 15 is 0 Å². The van der Waals surface area contributed by atoms with Crippen molar-refractivity contribution in [1.29, 1.82) is 0 Å². The number of rotatable bonds is 2. The van der Waals surface area contributed by atoms with E-state index in [1.54, 1.807) is 0 Å². The summed E-state index contributed by atoms with van der Waals surface area (Å²) in [5, 5.41) is 12.9.